The maximum absolute atomic E-state index is 12.9. The normalized spacial score (nSPS) is 12.0. The molecule has 0 radical (unpaired) electrons. The van der Waals surface area contributed by atoms with E-state index in [1.807, 2.05) is 0 Å². The van der Waals surface area contributed by atoms with Crippen molar-refractivity contribution in [1.29, 1.82) is 0 Å². The summed E-state index contributed by atoms with van der Waals surface area (Å²) in [7, 11) is 1.43. The first-order valence-electron chi connectivity index (χ1n) is 6.72. The van der Waals surface area contributed by atoms with Gasteiger partial charge in [0.1, 0.15) is 12.2 Å². The number of hydrogen-bond donors (Lipinski definition) is 1. The Labute approximate surface area is 131 Å². The van der Waals surface area contributed by atoms with Crippen LogP contribution in [0.3, 0.4) is 0 Å². The standard InChI is InChI=1S/C14H19F3N2O4/c1-13(2,3)23-12(20)18-9-7-10(14(15,16)17)19-11(8-9)22-6-5-21-4/h7-8H,5-6H2,1-4H3,(H,18,19,20). The van der Waals surface area contributed by atoms with Gasteiger partial charge in [-0.05, 0) is 26.8 Å². The Balaban J connectivity index is 2.96. The molecule has 6 nitrogen and oxygen atoms in total. The molecular weight excluding hydrogens is 317 g/mol. The summed E-state index contributed by atoms with van der Waals surface area (Å²) in [6, 6.07) is 1.88. The second-order valence-electron chi connectivity index (χ2n) is 5.55. The van der Waals surface area contributed by atoms with Gasteiger partial charge in [0.15, 0.2) is 5.69 Å². The minimum absolute atomic E-state index is 0.0245. The largest absolute Gasteiger partial charge is 0.475 e. The molecule has 0 atom stereocenters. The van der Waals surface area contributed by atoms with Crippen LogP contribution in [0.1, 0.15) is 26.5 Å². The summed E-state index contributed by atoms with van der Waals surface area (Å²) in [4.78, 5) is 15.0. The number of carbonyl (C=O) groups is 1. The molecule has 1 amide bonds. The fourth-order valence-corrected chi connectivity index (χ4v) is 1.45. The SMILES string of the molecule is COCCOc1cc(NC(=O)OC(C)(C)C)cc(C(F)(F)F)n1. The number of ether oxygens (including phenoxy) is 3. The van der Waals surface area contributed by atoms with Gasteiger partial charge in [0.25, 0.3) is 0 Å². The van der Waals surface area contributed by atoms with Crippen molar-refractivity contribution in [2.45, 2.75) is 32.5 Å². The Morgan fingerprint density at radius 1 is 1.22 bits per heavy atom. The number of alkyl halides is 3. The molecule has 0 aromatic carbocycles. The molecule has 0 aliphatic rings. The maximum atomic E-state index is 12.9. The van der Waals surface area contributed by atoms with E-state index in [4.69, 9.17) is 14.2 Å². The Bertz CT molecular complexity index is 542. The molecule has 1 aromatic heterocycles. The summed E-state index contributed by atoms with van der Waals surface area (Å²) in [5.41, 5.74) is -2.09. The van der Waals surface area contributed by atoms with E-state index < -0.39 is 23.6 Å². The van der Waals surface area contributed by atoms with Gasteiger partial charge in [-0.15, -0.1) is 0 Å². The number of anilines is 1. The number of amides is 1. The van der Waals surface area contributed by atoms with Gasteiger partial charge in [0.2, 0.25) is 5.88 Å². The maximum Gasteiger partial charge on any atom is 0.433 e. The molecule has 23 heavy (non-hydrogen) atoms. The number of nitrogens with zero attached hydrogens (tertiary/aromatic N) is 1. The zero-order chi connectivity index (χ0) is 17.7. The van der Waals surface area contributed by atoms with Crippen molar-refractivity contribution in [3.8, 4) is 5.88 Å². The molecule has 0 aliphatic carbocycles. The fourth-order valence-electron chi connectivity index (χ4n) is 1.45. The van der Waals surface area contributed by atoms with Crippen molar-refractivity contribution < 1.29 is 32.2 Å². The van der Waals surface area contributed by atoms with E-state index in [-0.39, 0.29) is 24.8 Å². The summed E-state index contributed by atoms with van der Waals surface area (Å²) in [5, 5.41) is 2.23. The predicted octanol–water partition coefficient (Wildman–Crippen LogP) is 3.47. The van der Waals surface area contributed by atoms with Gasteiger partial charge >= 0.3 is 12.3 Å². The number of rotatable bonds is 5. The third-order valence-electron chi connectivity index (χ3n) is 2.27. The Morgan fingerprint density at radius 3 is 2.39 bits per heavy atom. The molecular formula is C14H19F3N2O4. The zero-order valence-corrected chi connectivity index (χ0v) is 13.3. The average molecular weight is 336 g/mol. The second kappa shape index (κ2) is 7.49. The third kappa shape index (κ3) is 7.18. The van der Waals surface area contributed by atoms with Crippen LogP contribution in [0.4, 0.5) is 23.7 Å². The molecule has 0 aliphatic heterocycles. The van der Waals surface area contributed by atoms with Crippen LogP contribution >= 0.6 is 0 Å². The number of methoxy groups -OCH3 is 1. The lowest BCUT2D eigenvalue weighted by atomic mass is 10.2. The molecule has 0 spiro atoms. The van der Waals surface area contributed by atoms with Crippen molar-refractivity contribution in [3.63, 3.8) is 0 Å². The lowest BCUT2D eigenvalue weighted by Gasteiger charge is -2.20. The van der Waals surface area contributed by atoms with Gasteiger partial charge in [-0.3, -0.25) is 5.32 Å². The molecule has 0 saturated heterocycles. The average Bonchev–Trinajstić information content (AvgIpc) is 2.35. The number of aromatic nitrogens is 1. The van der Waals surface area contributed by atoms with Gasteiger partial charge in [-0.25, -0.2) is 9.78 Å². The van der Waals surface area contributed by atoms with E-state index >= 15 is 0 Å². The summed E-state index contributed by atoms with van der Waals surface area (Å²) >= 11 is 0. The van der Waals surface area contributed by atoms with E-state index in [1.165, 1.54) is 13.2 Å². The Hall–Kier alpha value is -2.03. The summed E-state index contributed by atoms with van der Waals surface area (Å²) in [5.74, 6) is -0.275. The lowest BCUT2D eigenvalue weighted by molar-refractivity contribution is -0.141. The molecule has 1 aromatic rings. The monoisotopic (exact) mass is 336 g/mol. The zero-order valence-electron chi connectivity index (χ0n) is 13.3. The van der Waals surface area contributed by atoms with Crippen LogP contribution < -0.4 is 10.1 Å². The molecule has 130 valence electrons. The molecule has 0 saturated carbocycles. The topological polar surface area (TPSA) is 69.7 Å². The molecule has 1 N–H and O–H groups in total. The smallest absolute Gasteiger partial charge is 0.433 e. The highest BCUT2D eigenvalue weighted by molar-refractivity contribution is 5.85. The number of carbonyl (C=O) groups excluding carboxylic acids is 1. The van der Waals surface area contributed by atoms with Crippen molar-refractivity contribution in [2.75, 3.05) is 25.6 Å². The van der Waals surface area contributed by atoms with Crippen LogP contribution in [0.5, 0.6) is 5.88 Å². The van der Waals surface area contributed by atoms with Crippen molar-refractivity contribution >= 4 is 11.8 Å². The highest BCUT2D eigenvalue weighted by Gasteiger charge is 2.34. The minimum atomic E-state index is -4.68. The summed E-state index contributed by atoms with van der Waals surface area (Å²) in [6.45, 7) is 5.13. The van der Waals surface area contributed by atoms with E-state index in [9.17, 15) is 18.0 Å². The van der Waals surface area contributed by atoms with Gasteiger partial charge < -0.3 is 14.2 Å². The first-order valence-corrected chi connectivity index (χ1v) is 6.72. The van der Waals surface area contributed by atoms with Gasteiger partial charge in [-0.1, -0.05) is 0 Å². The Morgan fingerprint density at radius 2 is 1.87 bits per heavy atom. The molecule has 1 heterocycles. The highest BCUT2D eigenvalue weighted by atomic mass is 19.4. The summed E-state index contributed by atoms with van der Waals surface area (Å²) in [6.07, 6.45) is -5.55. The van der Waals surface area contributed by atoms with Gasteiger partial charge in [-0.2, -0.15) is 13.2 Å². The number of nitrogens with one attached hydrogen (secondary N) is 1. The molecule has 0 fully saturated rings. The van der Waals surface area contributed by atoms with Gasteiger partial charge in [0, 0.05) is 13.2 Å². The molecule has 0 bridgehead atoms. The fraction of sp³-hybridized carbons (Fsp3) is 0.571. The second-order valence-corrected chi connectivity index (χ2v) is 5.55. The van der Waals surface area contributed by atoms with E-state index in [0.29, 0.717) is 6.07 Å². The summed E-state index contributed by atoms with van der Waals surface area (Å²) < 4.78 is 53.4. The number of pyridine rings is 1. The molecule has 9 heteroatoms. The Kier molecular flexibility index (Phi) is 6.20. The van der Waals surface area contributed by atoms with Gasteiger partial charge in [0.05, 0.1) is 12.3 Å². The van der Waals surface area contributed by atoms with Crippen LogP contribution in [0, 0.1) is 0 Å². The van der Waals surface area contributed by atoms with Crippen LogP contribution in [0.25, 0.3) is 0 Å². The van der Waals surface area contributed by atoms with E-state index in [0.717, 1.165) is 0 Å². The highest BCUT2D eigenvalue weighted by Crippen LogP contribution is 2.31. The number of halogens is 3. The van der Waals surface area contributed by atoms with Crippen molar-refractivity contribution in [2.24, 2.45) is 0 Å². The first-order chi connectivity index (χ1) is 10.5. The van der Waals surface area contributed by atoms with Crippen molar-refractivity contribution in [3.05, 3.63) is 17.8 Å². The first kappa shape index (κ1) is 19.0. The van der Waals surface area contributed by atoms with E-state index in [1.54, 1.807) is 20.8 Å². The van der Waals surface area contributed by atoms with Crippen LogP contribution in [0.2, 0.25) is 0 Å². The van der Waals surface area contributed by atoms with Crippen LogP contribution in [-0.2, 0) is 15.7 Å². The quantitative estimate of drug-likeness (QED) is 0.834. The van der Waals surface area contributed by atoms with E-state index in [2.05, 4.69) is 10.3 Å². The minimum Gasteiger partial charge on any atom is -0.475 e. The number of hydrogen-bond acceptors (Lipinski definition) is 5. The van der Waals surface area contributed by atoms with Crippen LogP contribution in [0.15, 0.2) is 12.1 Å². The third-order valence-corrected chi connectivity index (χ3v) is 2.27. The lowest BCUT2D eigenvalue weighted by Crippen LogP contribution is -2.27. The molecule has 0 unspecified atom stereocenters. The predicted molar refractivity (Wildman–Crippen MR) is 76.5 cm³/mol. The van der Waals surface area contributed by atoms with Crippen LogP contribution in [-0.4, -0.2) is 37.0 Å². The van der Waals surface area contributed by atoms with Crippen molar-refractivity contribution in [1.82, 2.24) is 4.98 Å². The molecule has 1 rings (SSSR count).